The van der Waals surface area contributed by atoms with E-state index in [4.69, 9.17) is 11.5 Å². The summed E-state index contributed by atoms with van der Waals surface area (Å²) in [5, 5.41) is 0. The number of hydrogen-bond acceptors (Lipinski definition) is 3. The van der Waals surface area contributed by atoms with Crippen LogP contribution in [0.3, 0.4) is 0 Å². The second-order valence-electron chi connectivity index (χ2n) is 1.16. The van der Waals surface area contributed by atoms with Crippen LogP contribution in [-0.2, 0) is 4.74 Å². The van der Waals surface area contributed by atoms with Crippen LogP contribution in [0.5, 0.6) is 0 Å². The Balaban J connectivity index is 2.81. The average molecular weight is 102 g/mol. The summed E-state index contributed by atoms with van der Waals surface area (Å²) < 4.78 is 4.61. The maximum absolute atomic E-state index is 5.08. The maximum Gasteiger partial charge on any atom is 0.115 e. The van der Waals surface area contributed by atoms with E-state index >= 15 is 0 Å². The Labute approximate surface area is 42.9 Å². The van der Waals surface area contributed by atoms with Crippen molar-refractivity contribution in [2.45, 2.75) is 6.17 Å². The van der Waals surface area contributed by atoms with Gasteiger partial charge >= 0.3 is 0 Å². The van der Waals surface area contributed by atoms with E-state index in [1.165, 1.54) is 6.26 Å². The molecule has 0 aliphatic carbocycles. The highest BCUT2D eigenvalue weighted by Crippen LogP contribution is 1.70. The summed E-state index contributed by atoms with van der Waals surface area (Å²) in [5.41, 5.74) is 10.2. The lowest BCUT2D eigenvalue weighted by Crippen LogP contribution is -2.34. The van der Waals surface area contributed by atoms with Crippen LogP contribution in [0.2, 0.25) is 0 Å². The molecule has 0 spiro atoms. The van der Waals surface area contributed by atoms with Crippen LogP contribution in [0.1, 0.15) is 0 Å². The predicted octanol–water partition coefficient (Wildman–Crippen LogP) is -0.610. The first kappa shape index (κ1) is 6.46. The van der Waals surface area contributed by atoms with Gasteiger partial charge in [-0.2, -0.15) is 0 Å². The SMILES string of the molecule is C=COCC(N)N. The molecular weight excluding hydrogens is 92.1 g/mol. The topological polar surface area (TPSA) is 61.3 Å². The zero-order chi connectivity index (χ0) is 5.70. The first-order valence-corrected chi connectivity index (χ1v) is 2.01. The Bertz CT molecular complexity index is 53.7. The first-order chi connectivity index (χ1) is 3.27. The molecule has 3 heteroatoms. The van der Waals surface area contributed by atoms with E-state index in [9.17, 15) is 0 Å². The number of nitrogens with two attached hydrogens (primary N) is 2. The van der Waals surface area contributed by atoms with Crippen LogP contribution < -0.4 is 11.5 Å². The van der Waals surface area contributed by atoms with Crippen molar-refractivity contribution >= 4 is 0 Å². The fourth-order valence-corrected chi connectivity index (χ4v) is 0.179. The quantitative estimate of drug-likeness (QED) is 0.369. The van der Waals surface area contributed by atoms with Gasteiger partial charge in [0, 0.05) is 0 Å². The van der Waals surface area contributed by atoms with Gasteiger partial charge < -0.3 is 16.2 Å². The lowest BCUT2D eigenvalue weighted by Gasteiger charge is -2.01. The van der Waals surface area contributed by atoms with Crippen molar-refractivity contribution in [2.24, 2.45) is 11.5 Å². The van der Waals surface area contributed by atoms with E-state index in [0.29, 0.717) is 6.61 Å². The Morgan fingerprint density at radius 1 is 1.71 bits per heavy atom. The minimum Gasteiger partial charge on any atom is -0.499 e. The highest BCUT2D eigenvalue weighted by molar-refractivity contribution is 4.53. The third-order valence-corrected chi connectivity index (χ3v) is 0.407. The van der Waals surface area contributed by atoms with E-state index < -0.39 is 6.17 Å². The van der Waals surface area contributed by atoms with Crippen LogP contribution in [0.25, 0.3) is 0 Å². The molecule has 0 amide bonds. The fraction of sp³-hybridized carbons (Fsp3) is 0.500. The summed E-state index contributed by atoms with van der Waals surface area (Å²) >= 11 is 0. The number of hydrogen-bond donors (Lipinski definition) is 2. The van der Waals surface area contributed by atoms with Crippen molar-refractivity contribution < 1.29 is 4.74 Å². The molecule has 0 atom stereocenters. The summed E-state index contributed by atoms with van der Waals surface area (Å²) in [5.74, 6) is 0. The molecule has 0 aromatic heterocycles. The molecule has 0 aromatic carbocycles. The molecule has 0 rings (SSSR count). The largest absolute Gasteiger partial charge is 0.499 e. The molecule has 0 aliphatic rings. The minimum atomic E-state index is -0.391. The molecule has 0 saturated heterocycles. The van der Waals surface area contributed by atoms with Gasteiger partial charge in [-0.1, -0.05) is 6.58 Å². The molecule has 42 valence electrons. The van der Waals surface area contributed by atoms with Crippen molar-refractivity contribution in [1.82, 2.24) is 0 Å². The van der Waals surface area contributed by atoms with Gasteiger partial charge in [0.2, 0.25) is 0 Å². The average Bonchev–Trinajstić information content (AvgIpc) is 1.61. The summed E-state index contributed by atoms with van der Waals surface area (Å²) in [7, 11) is 0. The molecule has 0 aromatic rings. The Morgan fingerprint density at radius 3 is 2.43 bits per heavy atom. The van der Waals surface area contributed by atoms with Crippen molar-refractivity contribution in [3.8, 4) is 0 Å². The second-order valence-corrected chi connectivity index (χ2v) is 1.16. The van der Waals surface area contributed by atoms with Gasteiger partial charge in [0.05, 0.1) is 12.4 Å². The number of rotatable bonds is 3. The molecule has 0 heterocycles. The Kier molecular flexibility index (Phi) is 3.36. The van der Waals surface area contributed by atoms with Gasteiger partial charge in [-0.3, -0.25) is 0 Å². The minimum absolute atomic E-state index is 0.337. The molecule has 0 unspecified atom stereocenters. The summed E-state index contributed by atoms with van der Waals surface area (Å²) in [6.45, 7) is 3.64. The molecule has 0 saturated carbocycles. The Hall–Kier alpha value is -0.540. The summed E-state index contributed by atoms with van der Waals surface area (Å²) in [6, 6.07) is 0. The Morgan fingerprint density at radius 2 is 2.29 bits per heavy atom. The molecule has 3 nitrogen and oxygen atoms in total. The van der Waals surface area contributed by atoms with Gasteiger partial charge in [-0.05, 0) is 0 Å². The molecule has 0 bridgehead atoms. The first-order valence-electron chi connectivity index (χ1n) is 2.01. The van der Waals surface area contributed by atoms with Crippen molar-refractivity contribution in [1.29, 1.82) is 0 Å². The van der Waals surface area contributed by atoms with Gasteiger partial charge in [0.15, 0.2) is 0 Å². The molecule has 0 aliphatic heterocycles. The third-order valence-electron chi connectivity index (χ3n) is 0.407. The highest BCUT2D eigenvalue weighted by atomic mass is 16.5. The van der Waals surface area contributed by atoms with E-state index in [2.05, 4.69) is 11.3 Å². The lowest BCUT2D eigenvalue weighted by atomic mass is 10.6. The standard InChI is InChI=1S/C4H10N2O/c1-2-7-3-4(5)6/h2,4H,1,3,5-6H2. The van der Waals surface area contributed by atoms with E-state index in [1.54, 1.807) is 0 Å². The zero-order valence-corrected chi connectivity index (χ0v) is 4.13. The molecule has 4 N–H and O–H groups in total. The van der Waals surface area contributed by atoms with E-state index in [1.807, 2.05) is 0 Å². The molecule has 7 heavy (non-hydrogen) atoms. The molecule has 0 radical (unpaired) electrons. The van der Waals surface area contributed by atoms with Crippen LogP contribution in [0.15, 0.2) is 12.8 Å². The van der Waals surface area contributed by atoms with Crippen molar-refractivity contribution in [3.05, 3.63) is 12.8 Å². The fourth-order valence-electron chi connectivity index (χ4n) is 0.179. The van der Waals surface area contributed by atoms with E-state index in [0.717, 1.165) is 0 Å². The summed E-state index contributed by atoms with van der Waals surface area (Å²) in [6.07, 6.45) is 0.921. The molecule has 0 fully saturated rings. The smallest absolute Gasteiger partial charge is 0.115 e. The predicted molar refractivity (Wildman–Crippen MR) is 28.3 cm³/mol. The lowest BCUT2D eigenvalue weighted by molar-refractivity contribution is 0.230. The van der Waals surface area contributed by atoms with Crippen molar-refractivity contribution in [3.63, 3.8) is 0 Å². The zero-order valence-electron chi connectivity index (χ0n) is 4.13. The number of ether oxygens (including phenoxy) is 1. The summed E-state index contributed by atoms with van der Waals surface area (Å²) in [4.78, 5) is 0. The van der Waals surface area contributed by atoms with Crippen LogP contribution in [-0.4, -0.2) is 12.8 Å². The van der Waals surface area contributed by atoms with Gasteiger partial charge in [-0.15, -0.1) is 0 Å². The van der Waals surface area contributed by atoms with Crippen LogP contribution in [0.4, 0.5) is 0 Å². The van der Waals surface area contributed by atoms with Gasteiger partial charge in [0.1, 0.15) is 6.61 Å². The van der Waals surface area contributed by atoms with Gasteiger partial charge in [0.25, 0.3) is 0 Å². The highest BCUT2D eigenvalue weighted by Gasteiger charge is 1.87. The maximum atomic E-state index is 5.08. The van der Waals surface area contributed by atoms with Crippen LogP contribution >= 0.6 is 0 Å². The van der Waals surface area contributed by atoms with E-state index in [-0.39, 0.29) is 0 Å². The van der Waals surface area contributed by atoms with Crippen molar-refractivity contribution in [2.75, 3.05) is 6.61 Å². The third kappa shape index (κ3) is 5.46. The van der Waals surface area contributed by atoms with Crippen LogP contribution in [0, 0.1) is 0 Å². The monoisotopic (exact) mass is 102 g/mol. The van der Waals surface area contributed by atoms with Gasteiger partial charge in [-0.25, -0.2) is 0 Å². The normalized spacial score (nSPS) is 9.00. The second kappa shape index (κ2) is 3.64. The molecular formula is C4H10N2O.